The number of benzene rings is 2. The zero-order valence-electron chi connectivity index (χ0n) is 19.0. The third kappa shape index (κ3) is 4.26. The highest BCUT2D eigenvalue weighted by molar-refractivity contribution is 6.01. The lowest BCUT2D eigenvalue weighted by Crippen LogP contribution is -2.18. The Bertz CT molecular complexity index is 1440. The number of esters is 1. The van der Waals surface area contributed by atoms with Crippen molar-refractivity contribution in [2.24, 2.45) is 0 Å². The van der Waals surface area contributed by atoms with Crippen molar-refractivity contribution in [1.82, 2.24) is 0 Å². The summed E-state index contributed by atoms with van der Waals surface area (Å²) in [5.41, 5.74) is 3.58. The number of ether oxygens (including phenoxy) is 1. The molecule has 2 aromatic heterocycles. The fraction of sp³-hybridized carbons (Fsp3) is 0.269. The van der Waals surface area contributed by atoms with Gasteiger partial charge in [0.1, 0.15) is 16.9 Å². The number of aryl methyl sites for hydroxylation is 3. The molecule has 7 nitrogen and oxygen atoms in total. The molecule has 0 fully saturated rings. The fourth-order valence-electron chi connectivity index (χ4n) is 3.94. The minimum atomic E-state index is -0.504. The number of furan rings is 1. The van der Waals surface area contributed by atoms with E-state index in [9.17, 15) is 14.4 Å². The summed E-state index contributed by atoms with van der Waals surface area (Å²) in [4.78, 5) is 37.4. The number of carbonyl (C=O) groups is 2. The summed E-state index contributed by atoms with van der Waals surface area (Å²) in [5.74, 6) is -0.00166. The maximum Gasteiger partial charge on any atom is 0.340 e. The van der Waals surface area contributed by atoms with Crippen LogP contribution in [-0.2, 0) is 16.0 Å². The summed E-state index contributed by atoms with van der Waals surface area (Å²) in [6.45, 7) is 7.70. The number of para-hydroxylation sites is 1. The second-order valence-corrected chi connectivity index (χ2v) is 7.94. The van der Waals surface area contributed by atoms with Crippen LogP contribution >= 0.6 is 0 Å². The largest absolute Gasteiger partial charge is 0.462 e. The second-order valence-electron chi connectivity index (χ2n) is 7.94. The van der Waals surface area contributed by atoms with Gasteiger partial charge in [0.15, 0.2) is 0 Å². The summed E-state index contributed by atoms with van der Waals surface area (Å²) < 4.78 is 16.3. The van der Waals surface area contributed by atoms with Crippen LogP contribution in [0, 0.1) is 20.8 Å². The minimum absolute atomic E-state index is 0.0559. The number of rotatable bonds is 6. The Hall–Kier alpha value is -3.87. The molecule has 1 amide bonds. The molecule has 0 radical (unpaired) electrons. The van der Waals surface area contributed by atoms with Crippen LogP contribution in [0.3, 0.4) is 0 Å². The molecule has 0 saturated heterocycles. The molecule has 0 aliphatic heterocycles. The molecule has 0 atom stereocenters. The summed E-state index contributed by atoms with van der Waals surface area (Å²) in [7, 11) is 0. The van der Waals surface area contributed by atoms with Crippen molar-refractivity contribution in [3.8, 4) is 0 Å². The molecule has 33 heavy (non-hydrogen) atoms. The van der Waals surface area contributed by atoms with Gasteiger partial charge in [0.25, 0.3) is 0 Å². The number of hydrogen-bond acceptors (Lipinski definition) is 6. The Morgan fingerprint density at radius 3 is 2.42 bits per heavy atom. The highest BCUT2D eigenvalue weighted by Crippen LogP contribution is 2.31. The first-order valence-electron chi connectivity index (χ1n) is 10.8. The molecule has 2 heterocycles. The van der Waals surface area contributed by atoms with E-state index in [1.165, 1.54) is 0 Å². The molecular formula is C26H25NO6. The van der Waals surface area contributed by atoms with E-state index in [1.807, 2.05) is 26.8 Å². The van der Waals surface area contributed by atoms with Crippen LogP contribution in [-0.4, -0.2) is 18.5 Å². The number of fused-ring (bicyclic) bond motifs is 2. The lowest BCUT2D eigenvalue weighted by Gasteiger charge is -2.11. The number of anilines is 1. The topological polar surface area (TPSA) is 98.8 Å². The third-order valence-corrected chi connectivity index (χ3v) is 5.88. The van der Waals surface area contributed by atoms with Gasteiger partial charge in [-0.15, -0.1) is 0 Å². The van der Waals surface area contributed by atoms with E-state index in [0.29, 0.717) is 22.4 Å². The molecule has 0 spiro atoms. The van der Waals surface area contributed by atoms with Gasteiger partial charge in [-0.25, -0.2) is 9.59 Å². The summed E-state index contributed by atoms with van der Waals surface area (Å²) >= 11 is 0. The van der Waals surface area contributed by atoms with Crippen LogP contribution in [0.4, 0.5) is 5.69 Å². The number of nitrogens with one attached hydrogen (secondary N) is 1. The van der Waals surface area contributed by atoms with Gasteiger partial charge in [-0.05, 0) is 63.4 Å². The van der Waals surface area contributed by atoms with Crippen molar-refractivity contribution in [2.45, 2.75) is 40.5 Å². The van der Waals surface area contributed by atoms with Crippen LogP contribution in [0.1, 0.15) is 46.2 Å². The molecule has 2 aromatic carbocycles. The Morgan fingerprint density at radius 1 is 0.970 bits per heavy atom. The van der Waals surface area contributed by atoms with Gasteiger partial charge in [-0.2, -0.15) is 0 Å². The number of amides is 1. The van der Waals surface area contributed by atoms with Crippen LogP contribution in [0.5, 0.6) is 0 Å². The Balaban J connectivity index is 1.58. The SMILES string of the molecule is CCOC(=O)c1ccccc1NC(=O)CCc1c(C)c2cc3c(C)c(C)oc3cc2oc1=O. The van der Waals surface area contributed by atoms with Gasteiger partial charge < -0.3 is 18.9 Å². The molecule has 7 heteroatoms. The van der Waals surface area contributed by atoms with E-state index in [1.54, 1.807) is 37.3 Å². The first-order valence-corrected chi connectivity index (χ1v) is 10.8. The maximum atomic E-state index is 12.7. The average Bonchev–Trinajstić information content (AvgIpc) is 3.05. The van der Waals surface area contributed by atoms with Crippen molar-refractivity contribution >= 4 is 39.5 Å². The predicted octanol–water partition coefficient (Wildman–Crippen LogP) is 5.21. The Morgan fingerprint density at radius 2 is 1.67 bits per heavy atom. The number of hydrogen-bond donors (Lipinski definition) is 1. The zero-order valence-corrected chi connectivity index (χ0v) is 19.0. The van der Waals surface area contributed by atoms with Crippen LogP contribution < -0.4 is 10.9 Å². The predicted molar refractivity (Wildman–Crippen MR) is 126 cm³/mol. The van der Waals surface area contributed by atoms with Gasteiger partial charge in [-0.1, -0.05) is 12.1 Å². The van der Waals surface area contributed by atoms with Crippen LogP contribution in [0.15, 0.2) is 50.0 Å². The standard InChI is InChI=1S/C26H25NO6/c1-5-31-25(29)18-8-6-7-9-21(18)27-24(28)11-10-17-15(3)20-12-19-14(2)16(4)32-22(19)13-23(20)33-26(17)30/h6-9,12-13H,5,10-11H2,1-4H3,(H,27,28). The fourth-order valence-corrected chi connectivity index (χ4v) is 3.94. The molecule has 0 bridgehead atoms. The van der Waals surface area contributed by atoms with Crippen molar-refractivity contribution in [3.05, 3.63) is 74.8 Å². The normalized spacial score (nSPS) is 11.2. The smallest absolute Gasteiger partial charge is 0.340 e. The molecular weight excluding hydrogens is 422 g/mol. The Kier molecular flexibility index (Phi) is 6.05. The lowest BCUT2D eigenvalue weighted by atomic mass is 10.0. The first kappa shape index (κ1) is 22.3. The molecule has 4 aromatic rings. The van der Waals surface area contributed by atoms with Gasteiger partial charge in [0.2, 0.25) is 5.91 Å². The minimum Gasteiger partial charge on any atom is -0.462 e. The quantitative estimate of drug-likeness (QED) is 0.322. The summed E-state index contributed by atoms with van der Waals surface area (Å²) in [6, 6.07) is 10.4. The second kappa shape index (κ2) is 8.94. The molecule has 0 unspecified atom stereocenters. The molecule has 0 aliphatic carbocycles. The Labute approximate surface area is 190 Å². The van der Waals surface area contributed by atoms with Crippen LogP contribution in [0.2, 0.25) is 0 Å². The molecule has 0 aliphatic rings. The molecule has 0 saturated carbocycles. The van der Waals surface area contributed by atoms with E-state index in [-0.39, 0.29) is 30.9 Å². The van der Waals surface area contributed by atoms with Crippen molar-refractivity contribution in [1.29, 1.82) is 0 Å². The highest BCUT2D eigenvalue weighted by Gasteiger charge is 2.18. The number of carbonyl (C=O) groups excluding carboxylic acids is 2. The molecule has 1 N–H and O–H groups in total. The first-order chi connectivity index (χ1) is 15.8. The van der Waals surface area contributed by atoms with Crippen molar-refractivity contribution in [3.63, 3.8) is 0 Å². The van der Waals surface area contributed by atoms with Gasteiger partial charge >= 0.3 is 11.6 Å². The maximum absolute atomic E-state index is 12.7. The lowest BCUT2D eigenvalue weighted by molar-refractivity contribution is -0.116. The van der Waals surface area contributed by atoms with E-state index >= 15 is 0 Å². The van der Waals surface area contributed by atoms with E-state index in [0.717, 1.165) is 27.7 Å². The van der Waals surface area contributed by atoms with Gasteiger partial charge in [-0.3, -0.25) is 4.79 Å². The van der Waals surface area contributed by atoms with E-state index in [2.05, 4.69) is 5.32 Å². The van der Waals surface area contributed by atoms with E-state index < -0.39 is 11.6 Å². The monoisotopic (exact) mass is 447 g/mol. The van der Waals surface area contributed by atoms with Crippen molar-refractivity contribution < 1.29 is 23.2 Å². The van der Waals surface area contributed by atoms with E-state index in [4.69, 9.17) is 13.6 Å². The average molecular weight is 447 g/mol. The molecule has 4 rings (SSSR count). The van der Waals surface area contributed by atoms with Gasteiger partial charge in [0.05, 0.1) is 17.9 Å². The van der Waals surface area contributed by atoms with Crippen LogP contribution in [0.25, 0.3) is 21.9 Å². The summed E-state index contributed by atoms with van der Waals surface area (Å²) in [6.07, 6.45) is 0.263. The van der Waals surface area contributed by atoms with Crippen molar-refractivity contribution in [2.75, 3.05) is 11.9 Å². The highest BCUT2D eigenvalue weighted by atomic mass is 16.5. The third-order valence-electron chi connectivity index (χ3n) is 5.88. The molecule has 170 valence electrons. The van der Waals surface area contributed by atoms with Gasteiger partial charge in [0, 0.05) is 28.8 Å². The zero-order chi connectivity index (χ0) is 23.7. The summed E-state index contributed by atoms with van der Waals surface area (Å²) in [5, 5.41) is 4.53.